The van der Waals surface area contributed by atoms with Crippen LogP contribution in [0.5, 0.6) is 0 Å². The molecule has 1 fully saturated rings. The van der Waals surface area contributed by atoms with Crippen LogP contribution < -0.4 is 10.5 Å². The van der Waals surface area contributed by atoms with E-state index in [1.54, 1.807) is 24.3 Å². The minimum Gasteiger partial charge on any atom is -0.378 e. The Morgan fingerprint density at radius 2 is 2.05 bits per heavy atom. The van der Waals surface area contributed by atoms with Crippen LogP contribution in [-0.2, 0) is 14.8 Å². The lowest BCUT2D eigenvalue weighted by molar-refractivity contribution is 0.105. The minimum atomic E-state index is -3.61. The van der Waals surface area contributed by atoms with Crippen LogP contribution >= 0.6 is 0 Å². The summed E-state index contributed by atoms with van der Waals surface area (Å²) in [5, 5.41) is 8.55. The summed E-state index contributed by atoms with van der Waals surface area (Å²) >= 11 is 0. The number of rotatable bonds is 5. The van der Waals surface area contributed by atoms with Crippen LogP contribution in [0.2, 0.25) is 0 Å². The maximum absolute atomic E-state index is 11.2. The van der Waals surface area contributed by atoms with E-state index in [2.05, 4.69) is 19.2 Å². The Balaban J connectivity index is 1.94. The molecule has 1 aliphatic heterocycles. The highest BCUT2D eigenvalue weighted by molar-refractivity contribution is 7.89. The average Bonchev–Trinajstić information content (AvgIpc) is 2.81. The first kappa shape index (κ1) is 15.4. The Morgan fingerprint density at radius 1 is 1.40 bits per heavy atom. The molecular weight excluding hydrogens is 276 g/mol. The predicted molar refractivity (Wildman–Crippen MR) is 77.8 cm³/mol. The molecule has 1 aromatic rings. The molecule has 1 aromatic carbocycles. The number of ether oxygens (including phenoxy) is 1. The van der Waals surface area contributed by atoms with E-state index >= 15 is 0 Å². The number of hydrogen-bond donors (Lipinski definition) is 2. The third-order valence-corrected chi connectivity index (χ3v) is 4.86. The number of primary sulfonamides is 1. The van der Waals surface area contributed by atoms with Crippen molar-refractivity contribution in [3.05, 3.63) is 29.8 Å². The van der Waals surface area contributed by atoms with Crippen LogP contribution in [0, 0.1) is 5.92 Å². The molecule has 6 heteroatoms. The maximum atomic E-state index is 11.2. The molecule has 0 aliphatic carbocycles. The quantitative estimate of drug-likeness (QED) is 0.861. The van der Waals surface area contributed by atoms with Crippen molar-refractivity contribution in [3.8, 4) is 0 Å². The largest absolute Gasteiger partial charge is 0.378 e. The molecular formula is C14H22N2O3S. The van der Waals surface area contributed by atoms with Gasteiger partial charge in [-0.05, 0) is 43.9 Å². The summed E-state index contributed by atoms with van der Waals surface area (Å²) in [7, 11) is -3.61. The number of sulfonamides is 1. The minimum absolute atomic E-state index is 0.145. The fourth-order valence-corrected chi connectivity index (χ4v) is 2.95. The highest BCUT2D eigenvalue weighted by atomic mass is 32.2. The zero-order valence-corrected chi connectivity index (χ0v) is 12.7. The molecule has 3 atom stereocenters. The smallest absolute Gasteiger partial charge is 0.238 e. The standard InChI is InChI=1S/C14H22N2O3S/c1-10(16-9-13-7-8-19-11(13)2)12-3-5-14(6-4-12)20(15,17)18/h3-6,10-11,13,16H,7-9H2,1-2H3,(H2,15,17,18). The van der Waals surface area contributed by atoms with Crippen LogP contribution in [0.1, 0.15) is 31.9 Å². The van der Waals surface area contributed by atoms with Crippen LogP contribution in [0.25, 0.3) is 0 Å². The normalized spacial score (nSPS) is 24.8. The van der Waals surface area contributed by atoms with Gasteiger partial charge in [-0.3, -0.25) is 0 Å². The van der Waals surface area contributed by atoms with E-state index in [-0.39, 0.29) is 10.9 Å². The van der Waals surface area contributed by atoms with Crippen LogP contribution in [0.4, 0.5) is 0 Å². The van der Waals surface area contributed by atoms with Gasteiger partial charge in [-0.25, -0.2) is 13.6 Å². The highest BCUT2D eigenvalue weighted by Crippen LogP contribution is 2.21. The third-order valence-electron chi connectivity index (χ3n) is 3.93. The summed E-state index contributed by atoms with van der Waals surface area (Å²) in [5.41, 5.74) is 1.05. The Labute approximate surface area is 120 Å². The summed E-state index contributed by atoms with van der Waals surface area (Å²) < 4.78 is 27.9. The van der Waals surface area contributed by atoms with Crippen molar-refractivity contribution in [1.82, 2.24) is 5.32 Å². The van der Waals surface area contributed by atoms with Gasteiger partial charge in [0, 0.05) is 19.2 Å². The van der Waals surface area contributed by atoms with Crippen molar-refractivity contribution in [1.29, 1.82) is 0 Å². The van der Waals surface area contributed by atoms with E-state index in [1.165, 1.54) is 0 Å². The molecule has 20 heavy (non-hydrogen) atoms. The van der Waals surface area contributed by atoms with Crippen molar-refractivity contribution in [2.75, 3.05) is 13.2 Å². The molecule has 1 heterocycles. The van der Waals surface area contributed by atoms with Gasteiger partial charge in [0.1, 0.15) is 0 Å². The zero-order chi connectivity index (χ0) is 14.8. The van der Waals surface area contributed by atoms with Crippen LogP contribution in [0.3, 0.4) is 0 Å². The fourth-order valence-electron chi connectivity index (χ4n) is 2.44. The molecule has 0 aromatic heterocycles. The van der Waals surface area contributed by atoms with Gasteiger partial charge in [-0.2, -0.15) is 0 Å². The molecule has 112 valence electrons. The summed E-state index contributed by atoms with van der Waals surface area (Å²) in [6.45, 7) is 5.90. The SMILES string of the molecule is CC(NCC1CCOC1C)c1ccc(S(N)(=O)=O)cc1. The van der Waals surface area contributed by atoms with Gasteiger partial charge in [0.05, 0.1) is 11.0 Å². The van der Waals surface area contributed by atoms with E-state index in [0.717, 1.165) is 25.1 Å². The molecule has 0 bridgehead atoms. The second kappa shape index (κ2) is 6.22. The zero-order valence-electron chi connectivity index (χ0n) is 11.9. The predicted octanol–water partition coefficient (Wildman–Crippen LogP) is 1.41. The van der Waals surface area contributed by atoms with E-state index in [0.29, 0.717) is 12.0 Å². The van der Waals surface area contributed by atoms with Crippen molar-refractivity contribution >= 4 is 10.0 Å². The average molecular weight is 298 g/mol. The van der Waals surface area contributed by atoms with E-state index in [4.69, 9.17) is 9.88 Å². The van der Waals surface area contributed by atoms with Crippen molar-refractivity contribution < 1.29 is 13.2 Å². The van der Waals surface area contributed by atoms with Crippen molar-refractivity contribution in [2.24, 2.45) is 11.1 Å². The topological polar surface area (TPSA) is 81.4 Å². The van der Waals surface area contributed by atoms with Crippen molar-refractivity contribution in [2.45, 2.75) is 37.3 Å². The lowest BCUT2D eigenvalue weighted by Crippen LogP contribution is -2.29. The Hall–Kier alpha value is -0.950. The number of nitrogens with two attached hydrogens (primary N) is 1. The molecule has 0 amide bonds. The van der Waals surface area contributed by atoms with E-state index in [1.807, 2.05) is 0 Å². The highest BCUT2D eigenvalue weighted by Gasteiger charge is 2.24. The third kappa shape index (κ3) is 3.79. The van der Waals surface area contributed by atoms with Gasteiger partial charge < -0.3 is 10.1 Å². The molecule has 3 N–H and O–H groups in total. The van der Waals surface area contributed by atoms with Gasteiger partial charge in [0.2, 0.25) is 10.0 Å². The molecule has 0 saturated carbocycles. The first-order valence-corrected chi connectivity index (χ1v) is 8.40. The van der Waals surface area contributed by atoms with Gasteiger partial charge >= 0.3 is 0 Å². The molecule has 1 saturated heterocycles. The Bertz CT molecular complexity index is 542. The fraction of sp³-hybridized carbons (Fsp3) is 0.571. The van der Waals surface area contributed by atoms with Gasteiger partial charge in [-0.1, -0.05) is 12.1 Å². The van der Waals surface area contributed by atoms with Crippen LogP contribution in [0.15, 0.2) is 29.2 Å². The summed E-state index contributed by atoms with van der Waals surface area (Å²) in [6.07, 6.45) is 1.39. The van der Waals surface area contributed by atoms with Gasteiger partial charge in [0.25, 0.3) is 0 Å². The first-order valence-electron chi connectivity index (χ1n) is 6.85. The van der Waals surface area contributed by atoms with E-state index < -0.39 is 10.0 Å². The molecule has 0 radical (unpaired) electrons. The Morgan fingerprint density at radius 3 is 2.55 bits per heavy atom. The summed E-state index contributed by atoms with van der Waals surface area (Å²) in [6, 6.07) is 6.85. The van der Waals surface area contributed by atoms with Crippen molar-refractivity contribution in [3.63, 3.8) is 0 Å². The molecule has 3 unspecified atom stereocenters. The summed E-state index contributed by atoms with van der Waals surface area (Å²) in [5.74, 6) is 0.543. The number of nitrogens with one attached hydrogen (secondary N) is 1. The second-order valence-electron chi connectivity index (χ2n) is 5.37. The molecule has 2 rings (SSSR count). The lowest BCUT2D eigenvalue weighted by Gasteiger charge is -2.19. The molecule has 0 spiro atoms. The first-order chi connectivity index (χ1) is 9.38. The van der Waals surface area contributed by atoms with Gasteiger partial charge in [0.15, 0.2) is 0 Å². The van der Waals surface area contributed by atoms with E-state index in [9.17, 15) is 8.42 Å². The molecule has 5 nitrogen and oxygen atoms in total. The summed E-state index contributed by atoms with van der Waals surface area (Å²) in [4.78, 5) is 0.145. The maximum Gasteiger partial charge on any atom is 0.238 e. The molecule has 1 aliphatic rings. The van der Waals surface area contributed by atoms with Gasteiger partial charge in [-0.15, -0.1) is 0 Å². The van der Waals surface area contributed by atoms with Crippen LogP contribution in [-0.4, -0.2) is 27.7 Å². The lowest BCUT2D eigenvalue weighted by atomic mass is 10.0. The number of hydrogen-bond acceptors (Lipinski definition) is 4. The number of benzene rings is 1. The Kier molecular flexibility index (Phi) is 4.80. The second-order valence-corrected chi connectivity index (χ2v) is 6.93. The monoisotopic (exact) mass is 298 g/mol.